The molecule has 3 heterocycles. The molecule has 10 nitrogen and oxygen atoms in total. The van der Waals surface area contributed by atoms with Gasteiger partial charge in [-0.15, -0.1) is 0 Å². The van der Waals surface area contributed by atoms with Gasteiger partial charge in [-0.1, -0.05) is 11.3 Å². The molecule has 0 aliphatic carbocycles. The first kappa shape index (κ1) is 18.3. The van der Waals surface area contributed by atoms with Crippen molar-refractivity contribution in [1.82, 2.24) is 4.98 Å². The van der Waals surface area contributed by atoms with Crippen LogP contribution in [0.4, 0.5) is 16.5 Å². The van der Waals surface area contributed by atoms with E-state index >= 15 is 0 Å². The van der Waals surface area contributed by atoms with E-state index in [-0.39, 0.29) is 37.3 Å². The van der Waals surface area contributed by atoms with Gasteiger partial charge in [0.05, 0.1) is 21.1 Å². The van der Waals surface area contributed by atoms with Gasteiger partial charge in [0.15, 0.2) is 16.6 Å². The average Bonchev–Trinajstić information content (AvgIpc) is 3.43. The van der Waals surface area contributed by atoms with E-state index in [1.54, 1.807) is 29.2 Å². The molecule has 152 valence electrons. The van der Waals surface area contributed by atoms with Crippen molar-refractivity contribution in [2.24, 2.45) is 5.92 Å². The summed E-state index contributed by atoms with van der Waals surface area (Å²) in [6.45, 7) is 0.379. The molecule has 1 saturated heterocycles. The molecule has 3 aromatic rings. The van der Waals surface area contributed by atoms with Crippen LogP contribution in [0.5, 0.6) is 11.5 Å². The van der Waals surface area contributed by atoms with E-state index in [2.05, 4.69) is 10.3 Å². The third kappa shape index (κ3) is 3.18. The lowest BCUT2D eigenvalue weighted by Gasteiger charge is -2.17. The zero-order chi connectivity index (χ0) is 20.8. The molecule has 30 heavy (non-hydrogen) atoms. The number of benzene rings is 2. The second-order valence-corrected chi connectivity index (χ2v) is 7.89. The fraction of sp³-hybridized carbons (Fsp3) is 0.211. The van der Waals surface area contributed by atoms with E-state index in [1.807, 2.05) is 0 Å². The maximum Gasteiger partial charge on any atom is 0.270 e. The van der Waals surface area contributed by atoms with E-state index in [9.17, 15) is 19.7 Å². The normalized spacial score (nSPS) is 17.5. The molecular formula is C19H14N4O6S. The van der Waals surface area contributed by atoms with Crippen molar-refractivity contribution in [3.63, 3.8) is 0 Å². The van der Waals surface area contributed by atoms with Crippen LogP contribution in [0.25, 0.3) is 10.2 Å². The van der Waals surface area contributed by atoms with Crippen molar-refractivity contribution in [2.45, 2.75) is 6.42 Å². The fourth-order valence-electron chi connectivity index (χ4n) is 3.47. The van der Waals surface area contributed by atoms with Gasteiger partial charge in [0.25, 0.3) is 5.69 Å². The smallest absolute Gasteiger partial charge is 0.270 e. The zero-order valence-corrected chi connectivity index (χ0v) is 16.2. The molecular weight excluding hydrogens is 412 g/mol. The minimum atomic E-state index is -0.538. The molecule has 2 aliphatic heterocycles. The highest BCUT2D eigenvalue weighted by Crippen LogP contribution is 2.37. The Bertz CT molecular complexity index is 1210. The summed E-state index contributed by atoms with van der Waals surface area (Å²) in [5, 5.41) is 14.0. The van der Waals surface area contributed by atoms with Crippen molar-refractivity contribution in [1.29, 1.82) is 0 Å². The number of carbonyl (C=O) groups is 2. The summed E-state index contributed by atoms with van der Waals surface area (Å²) in [6.07, 6.45) is 0.0800. The molecule has 0 radical (unpaired) electrons. The number of carbonyl (C=O) groups excluding carboxylic acids is 2. The number of nitrogens with one attached hydrogen (secondary N) is 1. The average molecular weight is 426 g/mol. The topological polar surface area (TPSA) is 124 Å². The van der Waals surface area contributed by atoms with Crippen LogP contribution in [-0.4, -0.2) is 35.1 Å². The molecule has 0 spiro atoms. The highest BCUT2D eigenvalue weighted by atomic mass is 32.1. The second-order valence-electron chi connectivity index (χ2n) is 6.86. The Morgan fingerprint density at radius 2 is 2.07 bits per heavy atom. The highest BCUT2D eigenvalue weighted by molar-refractivity contribution is 7.22. The van der Waals surface area contributed by atoms with E-state index < -0.39 is 10.8 Å². The summed E-state index contributed by atoms with van der Waals surface area (Å²) in [7, 11) is 0. The first-order valence-corrected chi connectivity index (χ1v) is 9.85. The van der Waals surface area contributed by atoms with Gasteiger partial charge in [-0.05, 0) is 18.2 Å². The number of hydrogen-bond acceptors (Lipinski definition) is 8. The van der Waals surface area contributed by atoms with Gasteiger partial charge in [0.2, 0.25) is 18.6 Å². The summed E-state index contributed by atoms with van der Waals surface area (Å²) >= 11 is 1.15. The van der Waals surface area contributed by atoms with Crippen LogP contribution in [0.3, 0.4) is 0 Å². The fourth-order valence-corrected chi connectivity index (χ4v) is 4.38. The minimum absolute atomic E-state index is 0.0372. The first-order chi connectivity index (χ1) is 14.5. The molecule has 1 aromatic heterocycles. The Hall–Kier alpha value is -3.73. The van der Waals surface area contributed by atoms with Crippen LogP contribution >= 0.6 is 11.3 Å². The number of amides is 2. The molecule has 2 aliphatic rings. The maximum atomic E-state index is 12.7. The molecule has 5 rings (SSSR count). The Morgan fingerprint density at radius 1 is 1.23 bits per heavy atom. The van der Waals surface area contributed by atoms with Crippen molar-refractivity contribution < 1.29 is 24.0 Å². The molecule has 2 aromatic carbocycles. The largest absolute Gasteiger partial charge is 0.454 e. The van der Waals surface area contributed by atoms with Crippen LogP contribution < -0.4 is 19.7 Å². The van der Waals surface area contributed by atoms with E-state index in [1.165, 1.54) is 12.1 Å². The molecule has 1 unspecified atom stereocenters. The number of nitro groups is 1. The number of aromatic nitrogens is 1. The van der Waals surface area contributed by atoms with Gasteiger partial charge in [0, 0.05) is 36.9 Å². The van der Waals surface area contributed by atoms with E-state index in [4.69, 9.17) is 9.47 Å². The minimum Gasteiger partial charge on any atom is -0.454 e. The molecule has 2 amide bonds. The number of nitrogens with zero attached hydrogens (tertiary/aromatic N) is 3. The first-order valence-electron chi connectivity index (χ1n) is 9.04. The number of rotatable bonds is 4. The summed E-state index contributed by atoms with van der Waals surface area (Å²) in [6, 6.07) is 9.54. The number of hydrogen-bond donors (Lipinski definition) is 1. The Labute approximate surface area is 173 Å². The van der Waals surface area contributed by atoms with E-state index in [0.29, 0.717) is 32.5 Å². The quantitative estimate of drug-likeness (QED) is 0.502. The number of anilines is 2. The molecule has 11 heteroatoms. The van der Waals surface area contributed by atoms with Crippen molar-refractivity contribution in [3.05, 3.63) is 46.5 Å². The van der Waals surface area contributed by atoms with Gasteiger partial charge >= 0.3 is 0 Å². The van der Waals surface area contributed by atoms with Gasteiger partial charge in [-0.3, -0.25) is 19.7 Å². The predicted molar refractivity (Wildman–Crippen MR) is 108 cm³/mol. The summed E-state index contributed by atoms with van der Waals surface area (Å²) in [5.74, 6) is 0.172. The van der Waals surface area contributed by atoms with Gasteiger partial charge in [0.1, 0.15) is 0 Å². The summed E-state index contributed by atoms with van der Waals surface area (Å²) in [4.78, 5) is 41.5. The van der Waals surface area contributed by atoms with Gasteiger partial charge in [-0.2, -0.15) is 0 Å². The lowest BCUT2D eigenvalue weighted by Crippen LogP contribution is -2.28. The number of non-ortho nitro benzene ring substituents is 1. The summed E-state index contributed by atoms with van der Waals surface area (Å²) < 4.78 is 11.2. The number of thiazole rings is 1. The maximum absolute atomic E-state index is 12.7. The van der Waals surface area contributed by atoms with Gasteiger partial charge in [-0.25, -0.2) is 4.98 Å². The zero-order valence-electron chi connectivity index (χ0n) is 15.4. The lowest BCUT2D eigenvalue weighted by molar-refractivity contribution is -0.384. The predicted octanol–water partition coefficient (Wildman–Crippen LogP) is 2.92. The Balaban J connectivity index is 1.30. The molecule has 0 saturated carbocycles. The van der Waals surface area contributed by atoms with Crippen molar-refractivity contribution >= 4 is 49.9 Å². The number of nitro benzene ring substituents is 1. The Kier molecular flexibility index (Phi) is 4.24. The molecule has 0 bridgehead atoms. The molecule has 1 N–H and O–H groups in total. The monoisotopic (exact) mass is 426 g/mol. The van der Waals surface area contributed by atoms with Crippen LogP contribution in [0.1, 0.15) is 6.42 Å². The number of ether oxygens (including phenoxy) is 2. The lowest BCUT2D eigenvalue weighted by atomic mass is 10.1. The van der Waals surface area contributed by atoms with Crippen molar-refractivity contribution in [2.75, 3.05) is 23.6 Å². The Morgan fingerprint density at radius 3 is 2.90 bits per heavy atom. The van der Waals surface area contributed by atoms with Crippen LogP contribution in [0.2, 0.25) is 0 Å². The third-order valence-corrected chi connectivity index (χ3v) is 5.91. The third-order valence-electron chi connectivity index (χ3n) is 4.98. The van der Waals surface area contributed by atoms with Gasteiger partial charge < -0.3 is 19.7 Å². The van der Waals surface area contributed by atoms with Crippen molar-refractivity contribution in [3.8, 4) is 11.5 Å². The van der Waals surface area contributed by atoms with Crippen LogP contribution in [0, 0.1) is 16.0 Å². The van der Waals surface area contributed by atoms with E-state index in [0.717, 1.165) is 11.3 Å². The molecule has 1 fully saturated rings. The highest BCUT2D eigenvalue weighted by Gasteiger charge is 2.36. The van der Waals surface area contributed by atoms with Crippen LogP contribution in [0.15, 0.2) is 36.4 Å². The van der Waals surface area contributed by atoms with Crippen LogP contribution in [-0.2, 0) is 9.59 Å². The second kappa shape index (κ2) is 6.95. The standard InChI is InChI=1S/C19H14N4O6S/c24-17-5-10(8-22(17)11-2-4-14-15(6-11)29-9-28-14)18(25)21-19-20-13-3-1-12(23(26)27)7-16(13)30-19/h1-4,6-7,10H,5,8-9H2,(H,20,21,25). The SMILES string of the molecule is O=C(Nc1nc2ccc([N+](=O)[O-])cc2s1)C1CC(=O)N(c2ccc3c(c2)OCO3)C1. The molecule has 1 atom stereocenters. The summed E-state index contributed by atoms with van der Waals surface area (Å²) in [5.41, 5.74) is 1.17. The number of fused-ring (bicyclic) bond motifs is 2.